The first-order valence-electron chi connectivity index (χ1n) is 33.3. The predicted octanol–water partition coefficient (Wildman–Crippen LogP) is 16.1. The van der Waals surface area contributed by atoms with E-state index in [9.17, 15) is 24.3 Å². The van der Waals surface area contributed by atoms with Crippen LogP contribution >= 0.6 is 23.2 Å². The molecule has 4 N–H and O–H groups in total. The molecule has 0 bridgehead atoms. The van der Waals surface area contributed by atoms with Crippen molar-refractivity contribution in [3.8, 4) is 45.3 Å². The zero-order valence-corrected chi connectivity index (χ0v) is 57.3. The summed E-state index contributed by atoms with van der Waals surface area (Å²) < 4.78 is 50.7. The molecule has 0 heterocycles. The van der Waals surface area contributed by atoms with Crippen LogP contribution in [0.4, 0.5) is 0 Å². The number of carbonyl (C=O) groups is 4. The van der Waals surface area contributed by atoms with Crippen molar-refractivity contribution in [1.82, 2.24) is 0 Å². The maximum absolute atomic E-state index is 12.2. The van der Waals surface area contributed by atoms with Crippen molar-refractivity contribution in [2.45, 2.75) is 155 Å². The lowest BCUT2D eigenvalue weighted by molar-refractivity contribution is 0.00147. The van der Waals surface area contributed by atoms with Crippen molar-refractivity contribution < 1.29 is 82.2 Å². The van der Waals surface area contributed by atoms with Crippen LogP contribution in [0.15, 0.2) is 146 Å². The Balaban J connectivity index is 0.000000351. The highest BCUT2D eigenvalue weighted by atomic mass is 35.5. The molecular weight excluding hydrogens is 1260 g/mol. The number of carbonyl (C=O) groups excluding carboxylic acids is 3. The monoisotopic (exact) mass is 1350 g/mol. The van der Waals surface area contributed by atoms with Gasteiger partial charge in [-0.05, 0) is 247 Å². The average Bonchev–Trinajstić information content (AvgIpc) is 1.37. The van der Waals surface area contributed by atoms with Gasteiger partial charge in [-0.2, -0.15) is 0 Å². The molecule has 0 saturated carbocycles. The summed E-state index contributed by atoms with van der Waals surface area (Å²) in [5.41, 5.74) is 5.69. The maximum atomic E-state index is 12.2. The van der Waals surface area contributed by atoms with E-state index >= 15 is 0 Å². The number of carboxylic acids is 1. The Labute approximate surface area is 572 Å². The summed E-state index contributed by atoms with van der Waals surface area (Å²) in [7, 11) is 0. The summed E-state index contributed by atoms with van der Waals surface area (Å²) >= 11 is 10.4. The Bertz CT molecular complexity index is 2880. The fourth-order valence-electron chi connectivity index (χ4n) is 9.15. The number of ether oxygens (including phenoxy) is 9. The number of carboxylic acid groups (broad SMARTS) is 1. The van der Waals surface area contributed by atoms with Crippen LogP contribution in [0.2, 0.25) is 0 Å². The largest absolute Gasteiger partial charge is 0.494 e. The number of aliphatic hydroxyl groups excluding tert-OH is 3. The molecule has 0 aliphatic carbocycles. The van der Waals surface area contributed by atoms with Gasteiger partial charge >= 0.3 is 11.9 Å². The third-order valence-corrected chi connectivity index (χ3v) is 14.8. The smallest absolute Gasteiger partial charge is 0.338 e. The molecule has 6 aromatic rings. The minimum Gasteiger partial charge on any atom is -0.494 e. The van der Waals surface area contributed by atoms with Gasteiger partial charge in [-0.15, -0.1) is 0 Å². The molecule has 4 unspecified atom stereocenters. The maximum Gasteiger partial charge on any atom is 0.338 e. The van der Waals surface area contributed by atoms with Crippen LogP contribution in [0.5, 0.6) is 23.0 Å². The van der Waals surface area contributed by atoms with Gasteiger partial charge in [0.1, 0.15) is 29.1 Å². The molecule has 0 fully saturated rings. The van der Waals surface area contributed by atoms with Gasteiger partial charge < -0.3 is 63.1 Å². The first kappa shape index (κ1) is 80.5. The van der Waals surface area contributed by atoms with Gasteiger partial charge in [0.05, 0.1) is 82.3 Å². The van der Waals surface area contributed by atoms with Crippen molar-refractivity contribution in [1.29, 1.82) is 0 Å². The van der Waals surface area contributed by atoms with Gasteiger partial charge in [-0.1, -0.05) is 74.2 Å². The molecule has 0 saturated heterocycles. The predicted molar refractivity (Wildman–Crippen MR) is 373 cm³/mol. The summed E-state index contributed by atoms with van der Waals surface area (Å²) in [6.07, 6.45) is 15.1. The lowest BCUT2D eigenvalue weighted by Gasteiger charge is -2.14. The van der Waals surface area contributed by atoms with Crippen LogP contribution in [0.1, 0.15) is 172 Å². The molecule has 4 atom stereocenters. The molecular formula is C76H100Cl2O17. The molecule has 0 aliphatic heterocycles. The fourth-order valence-corrected chi connectivity index (χ4v) is 9.40. The highest BCUT2D eigenvalue weighted by Gasteiger charge is 2.14. The van der Waals surface area contributed by atoms with Crippen molar-refractivity contribution >= 4 is 45.6 Å². The van der Waals surface area contributed by atoms with Crippen LogP contribution in [0.3, 0.4) is 0 Å². The van der Waals surface area contributed by atoms with Gasteiger partial charge in [0.25, 0.3) is 10.5 Å². The molecule has 0 aliphatic rings. The third-order valence-electron chi connectivity index (χ3n) is 14.3. The van der Waals surface area contributed by atoms with Crippen LogP contribution in [-0.4, -0.2) is 147 Å². The van der Waals surface area contributed by atoms with Gasteiger partial charge in [-0.3, -0.25) is 9.59 Å². The van der Waals surface area contributed by atoms with E-state index < -0.39 is 34.6 Å². The number of aliphatic hydroxyl groups is 3. The zero-order chi connectivity index (χ0) is 68.7. The minimum absolute atomic E-state index is 0.121. The highest BCUT2D eigenvalue weighted by Crippen LogP contribution is 2.27. The molecule has 520 valence electrons. The van der Waals surface area contributed by atoms with Crippen molar-refractivity contribution in [3.63, 3.8) is 0 Å². The van der Waals surface area contributed by atoms with Crippen LogP contribution < -0.4 is 18.9 Å². The fraction of sp³-hybridized carbons (Fsp3) is 0.474. The number of hydrogen-bond donors (Lipinski definition) is 4. The summed E-state index contributed by atoms with van der Waals surface area (Å²) in [4.78, 5) is 44.3. The lowest BCUT2D eigenvalue weighted by atomic mass is 10.1. The van der Waals surface area contributed by atoms with Crippen molar-refractivity contribution in [3.05, 3.63) is 168 Å². The van der Waals surface area contributed by atoms with Crippen LogP contribution in [0, 0.1) is 0 Å². The summed E-state index contributed by atoms with van der Waals surface area (Å²) in [6.45, 7) is 14.0. The second kappa shape index (κ2) is 49.6. The number of hydrogen-bond acceptors (Lipinski definition) is 16. The summed E-state index contributed by atoms with van der Waals surface area (Å²) in [5.74, 6) is 1.98. The SMILES string of the molecule is CC(O)COCCCCCCOc1ccc(-c2ccc(OCCCCCCOCC(C)O)cc2)cc1.CC(O)COCCCCCCOc1ccc(-c2ccc(OCCCCCCOCC(C)OC(=O)c3ccc(C(=O)O)cc3)cc2)cc1.O=C(Cl)c1ccc(C(=O)Cl)cc1. The molecule has 0 radical (unpaired) electrons. The van der Waals surface area contributed by atoms with E-state index in [1.54, 1.807) is 27.7 Å². The van der Waals surface area contributed by atoms with E-state index in [0.717, 1.165) is 161 Å². The summed E-state index contributed by atoms with van der Waals surface area (Å²) in [6, 6.07) is 44.2. The summed E-state index contributed by atoms with van der Waals surface area (Å²) in [5, 5.41) is 35.3. The molecule has 0 spiro atoms. The molecule has 6 rings (SSSR count). The number of halogens is 2. The van der Waals surface area contributed by atoms with Gasteiger partial charge in [0.15, 0.2) is 0 Å². The number of benzene rings is 6. The minimum atomic E-state index is -1.04. The Morgan fingerprint density at radius 2 is 0.547 bits per heavy atom. The van der Waals surface area contributed by atoms with E-state index in [-0.39, 0.29) is 17.8 Å². The third kappa shape index (κ3) is 37.8. The molecule has 19 heteroatoms. The Kier molecular flexibility index (Phi) is 42.0. The Morgan fingerprint density at radius 1 is 0.316 bits per heavy atom. The molecule has 17 nitrogen and oxygen atoms in total. The second-order valence-corrected chi connectivity index (χ2v) is 23.9. The molecule has 0 aromatic heterocycles. The van der Waals surface area contributed by atoms with E-state index in [2.05, 4.69) is 48.5 Å². The Hall–Kier alpha value is -6.90. The van der Waals surface area contributed by atoms with Crippen LogP contribution in [-0.2, 0) is 23.7 Å². The number of unbranched alkanes of at least 4 members (excludes halogenated alkanes) is 12. The van der Waals surface area contributed by atoms with Crippen molar-refractivity contribution in [2.24, 2.45) is 0 Å². The normalized spacial score (nSPS) is 12.2. The molecule has 6 aromatic carbocycles. The first-order valence-corrected chi connectivity index (χ1v) is 34.0. The van der Waals surface area contributed by atoms with Gasteiger partial charge in [0, 0.05) is 37.6 Å². The zero-order valence-electron chi connectivity index (χ0n) is 55.8. The number of aromatic carboxylic acids is 1. The molecule has 95 heavy (non-hydrogen) atoms. The number of esters is 1. The number of rotatable bonds is 47. The van der Waals surface area contributed by atoms with E-state index in [4.69, 9.17) is 81.2 Å². The van der Waals surface area contributed by atoms with Gasteiger partial charge in [0.2, 0.25) is 0 Å². The van der Waals surface area contributed by atoms with Gasteiger partial charge in [-0.25, -0.2) is 9.59 Å². The van der Waals surface area contributed by atoms with E-state index in [1.807, 2.05) is 48.5 Å². The lowest BCUT2D eigenvalue weighted by Crippen LogP contribution is -2.20. The van der Waals surface area contributed by atoms with E-state index in [1.165, 1.54) is 48.5 Å². The van der Waals surface area contributed by atoms with E-state index in [0.29, 0.717) is 82.8 Å². The van der Waals surface area contributed by atoms with Crippen LogP contribution in [0.25, 0.3) is 22.3 Å². The first-order chi connectivity index (χ1) is 46.0. The highest BCUT2D eigenvalue weighted by molar-refractivity contribution is 6.68. The second-order valence-electron chi connectivity index (χ2n) is 23.2. The van der Waals surface area contributed by atoms with Crippen molar-refractivity contribution in [2.75, 3.05) is 79.3 Å². The Morgan fingerprint density at radius 3 is 0.789 bits per heavy atom. The molecule has 0 amide bonds. The standard InChI is InChI=1S/C38H50O9.C30H46O6.C8H4Cl2O2/c1-29(39)27-43-23-7-3-5-9-25-45-35-19-15-31(16-20-35)32-17-21-36(22-18-32)46-26-10-6-4-8-24-44-28-30(2)47-38(42)34-13-11-33(12-14-34)37(40)41;1-25(31)23-33-19-7-3-5-9-21-35-29-15-11-27(12-16-29)28-13-17-30(18-14-28)36-22-10-6-4-8-20-34-24-26(2)32;9-7(11)5-1-2-6(4-3-5)8(10)12/h11-22,29-30,39H,3-10,23-28H2,1-2H3,(H,40,41);11-18,25-26,31-32H,3-10,19-24H2,1-2H3;1-4H. The average molecular weight is 1360 g/mol. The topological polar surface area (TPSA) is 232 Å². The quantitative estimate of drug-likeness (QED) is 0.0158.